The molecule has 0 aliphatic heterocycles. The molecule has 31 heavy (non-hydrogen) atoms. The van der Waals surface area contributed by atoms with E-state index in [-0.39, 0.29) is 10.6 Å². The van der Waals surface area contributed by atoms with Crippen molar-refractivity contribution in [3.8, 4) is 16.4 Å². The number of benzene rings is 2. The van der Waals surface area contributed by atoms with Gasteiger partial charge in [0, 0.05) is 28.6 Å². The van der Waals surface area contributed by atoms with E-state index in [0.29, 0.717) is 11.6 Å². The number of carboxylic acid groups (broad SMARTS) is 1. The van der Waals surface area contributed by atoms with Crippen molar-refractivity contribution in [3.05, 3.63) is 82.5 Å². The van der Waals surface area contributed by atoms with Gasteiger partial charge in [-0.15, -0.1) is 11.3 Å². The number of sulfonamides is 1. The van der Waals surface area contributed by atoms with Crippen LogP contribution in [0.25, 0.3) is 16.4 Å². The summed E-state index contributed by atoms with van der Waals surface area (Å²) in [5, 5.41) is 21.0. The summed E-state index contributed by atoms with van der Waals surface area (Å²) >= 11 is 1.20. The number of hydrogen-bond donors (Lipinski definition) is 2. The predicted molar refractivity (Wildman–Crippen MR) is 117 cm³/mol. The average molecular weight is 455 g/mol. The lowest BCUT2D eigenvalue weighted by atomic mass is 9.99. The Kier molecular flexibility index (Phi) is 5.44. The van der Waals surface area contributed by atoms with Crippen LogP contribution < -0.4 is 5.14 Å². The molecule has 0 aliphatic rings. The number of aromatic nitrogens is 3. The van der Waals surface area contributed by atoms with Gasteiger partial charge in [0.15, 0.2) is 5.69 Å². The Morgan fingerprint density at radius 2 is 1.81 bits per heavy atom. The fourth-order valence-corrected chi connectivity index (χ4v) is 4.54. The lowest BCUT2D eigenvalue weighted by Gasteiger charge is -2.06. The number of carbonyl (C=O) groups is 1. The average Bonchev–Trinajstić information content (AvgIpc) is 3.34. The van der Waals surface area contributed by atoms with Crippen LogP contribution in [0.5, 0.6) is 0 Å². The summed E-state index contributed by atoms with van der Waals surface area (Å²) in [6.07, 6.45) is 0.498. The van der Waals surface area contributed by atoms with E-state index in [1.165, 1.54) is 28.8 Å². The van der Waals surface area contributed by atoms with Gasteiger partial charge in [0.1, 0.15) is 0 Å². The number of hydrogen-bond acceptors (Lipinski definition) is 6. The van der Waals surface area contributed by atoms with Crippen LogP contribution in [-0.4, -0.2) is 34.3 Å². The van der Waals surface area contributed by atoms with Gasteiger partial charge in [0.05, 0.1) is 10.6 Å². The number of nitrogens with two attached hydrogens (primary N) is 1. The second kappa shape index (κ2) is 8.06. The molecule has 0 atom stereocenters. The fourth-order valence-electron chi connectivity index (χ4n) is 3.22. The van der Waals surface area contributed by atoms with Gasteiger partial charge < -0.3 is 5.11 Å². The molecular weight excluding hydrogens is 436 g/mol. The summed E-state index contributed by atoms with van der Waals surface area (Å²) in [6.45, 7) is 1.90. The Morgan fingerprint density at radius 3 is 2.39 bits per heavy atom. The minimum atomic E-state index is -3.76. The summed E-state index contributed by atoms with van der Waals surface area (Å²) in [5.41, 5.74) is 4.27. The van der Waals surface area contributed by atoms with Crippen LogP contribution in [0.3, 0.4) is 0 Å². The Hall–Kier alpha value is -3.34. The highest BCUT2D eigenvalue weighted by Crippen LogP contribution is 2.30. The molecule has 0 bridgehead atoms. The van der Waals surface area contributed by atoms with Crippen LogP contribution in [-0.2, 0) is 16.4 Å². The fraction of sp³-hybridized carbons (Fsp3) is 0.0952. The Morgan fingerprint density at radius 1 is 1.13 bits per heavy atom. The van der Waals surface area contributed by atoms with Crippen LogP contribution >= 0.6 is 11.3 Å². The van der Waals surface area contributed by atoms with Crippen molar-refractivity contribution in [1.29, 1.82) is 0 Å². The second-order valence-corrected chi connectivity index (χ2v) is 9.27. The van der Waals surface area contributed by atoms with Gasteiger partial charge in [0.25, 0.3) is 0 Å². The molecule has 2 aromatic heterocycles. The van der Waals surface area contributed by atoms with Crippen molar-refractivity contribution in [2.24, 2.45) is 5.14 Å². The Balaban J connectivity index is 1.80. The van der Waals surface area contributed by atoms with E-state index >= 15 is 0 Å². The topological polar surface area (TPSA) is 128 Å². The number of carboxylic acids is 1. The first kappa shape index (κ1) is 20.9. The minimum absolute atomic E-state index is 0.0312. The molecule has 0 saturated heterocycles. The first-order valence-electron chi connectivity index (χ1n) is 9.19. The normalized spacial score (nSPS) is 11.5. The van der Waals surface area contributed by atoms with Crippen molar-refractivity contribution in [1.82, 2.24) is 14.8 Å². The molecule has 0 radical (unpaired) electrons. The highest BCUT2D eigenvalue weighted by molar-refractivity contribution is 7.89. The van der Waals surface area contributed by atoms with E-state index in [4.69, 9.17) is 10.2 Å². The first-order valence-corrected chi connectivity index (χ1v) is 11.6. The molecule has 158 valence electrons. The third-order valence-electron chi connectivity index (χ3n) is 4.81. The van der Waals surface area contributed by atoms with Crippen molar-refractivity contribution in [2.45, 2.75) is 18.2 Å². The summed E-state index contributed by atoms with van der Waals surface area (Å²) in [7, 11) is -3.76. The van der Waals surface area contributed by atoms with Crippen LogP contribution in [0.1, 0.15) is 27.3 Å². The highest BCUT2D eigenvalue weighted by Gasteiger charge is 2.20. The summed E-state index contributed by atoms with van der Waals surface area (Å²) in [6, 6.07) is 16.0. The molecule has 4 aromatic rings. The lowest BCUT2D eigenvalue weighted by molar-refractivity contribution is 0.0691. The predicted octanol–water partition coefficient (Wildman–Crippen LogP) is 3.24. The zero-order valence-electron chi connectivity index (χ0n) is 16.4. The van der Waals surface area contributed by atoms with Gasteiger partial charge in [-0.3, -0.25) is 0 Å². The molecule has 4 rings (SSSR count). The molecule has 8 nitrogen and oxygen atoms in total. The van der Waals surface area contributed by atoms with Gasteiger partial charge >= 0.3 is 5.97 Å². The third-order valence-corrected chi connectivity index (χ3v) is 6.56. The van der Waals surface area contributed by atoms with E-state index < -0.39 is 16.0 Å². The monoisotopic (exact) mass is 454 g/mol. The van der Waals surface area contributed by atoms with E-state index in [1.54, 1.807) is 16.8 Å². The van der Waals surface area contributed by atoms with Gasteiger partial charge in [-0.1, -0.05) is 42.5 Å². The SMILES string of the molecule is Cc1c(Cc2ccc(S(N)(=O)=O)cc2)c(-c2ccccc2)nn1-c1nc(C(=O)O)cs1. The Labute approximate surface area is 182 Å². The smallest absolute Gasteiger partial charge is 0.355 e. The number of aromatic carboxylic acids is 1. The summed E-state index contributed by atoms with van der Waals surface area (Å²) < 4.78 is 24.7. The molecule has 2 heterocycles. The number of primary sulfonamides is 1. The molecular formula is C21H18N4O4S2. The van der Waals surface area contributed by atoms with Crippen LogP contribution in [0.2, 0.25) is 0 Å². The number of rotatable bonds is 6. The van der Waals surface area contributed by atoms with Crippen molar-refractivity contribution in [2.75, 3.05) is 0 Å². The molecule has 0 saturated carbocycles. The quantitative estimate of drug-likeness (QED) is 0.460. The van der Waals surface area contributed by atoms with Gasteiger partial charge in [-0.2, -0.15) is 5.10 Å². The maximum atomic E-state index is 11.5. The molecule has 2 aromatic carbocycles. The van der Waals surface area contributed by atoms with E-state index in [1.807, 2.05) is 37.3 Å². The van der Waals surface area contributed by atoms with Gasteiger partial charge in [0.2, 0.25) is 15.2 Å². The molecule has 0 spiro atoms. The molecule has 0 fully saturated rings. The maximum Gasteiger partial charge on any atom is 0.355 e. The van der Waals surface area contributed by atoms with Crippen molar-refractivity contribution in [3.63, 3.8) is 0 Å². The maximum absolute atomic E-state index is 11.5. The zero-order valence-corrected chi connectivity index (χ0v) is 18.0. The van der Waals surface area contributed by atoms with Crippen LogP contribution in [0, 0.1) is 6.92 Å². The second-order valence-electron chi connectivity index (χ2n) is 6.88. The minimum Gasteiger partial charge on any atom is -0.476 e. The molecule has 0 amide bonds. The van der Waals surface area contributed by atoms with E-state index in [0.717, 1.165) is 28.1 Å². The van der Waals surface area contributed by atoms with Crippen LogP contribution in [0.15, 0.2) is 64.9 Å². The molecule has 3 N–H and O–H groups in total. The summed E-state index contributed by atoms with van der Waals surface area (Å²) in [4.78, 5) is 15.5. The lowest BCUT2D eigenvalue weighted by Crippen LogP contribution is -2.11. The molecule has 0 aliphatic carbocycles. The molecule has 0 unspecified atom stereocenters. The largest absolute Gasteiger partial charge is 0.476 e. The molecule has 10 heteroatoms. The van der Waals surface area contributed by atoms with Crippen molar-refractivity contribution >= 4 is 27.3 Å². The zero-order chi connectivity index (χ0) is 22.2. The van der Waals surface area contributed by atoms with E-state index in [2.05, 4.69) is 4.98 Å². The summed E-state index contributed by atoms with van der Waals surface area (Å²) in [5.74, 6) is -1.09. The number of nitrogens with zero attached hydrogens (tertiary/aromatic N) is 3. The standard InChI is InChI=1S/C21H18N4O4S2/c1-13-17(11-14-7-9-16(10-8-14)31(22,28)29)19(15-5-3-2-4-6-15)24-25(13)21-23-18(12-30-21)20(26)27/h2-10,12H,11H2,1H3,(H,26,27)(H2,22,28,29). The third kappa shape index (κ3) is 4.26. The highest BCUT2D eigenvalue weighted by atomic mass is 32.2. The first-order chi connectivity index (χ1) is 14.7. The van der Waals surface area contributed by atoms with Crippen molar-refractivity contribution < 1.29 is 18.3 Å². The van der Waals surface area contributed by atoms with Gasteiger partial charge in [-0.25, -0.2) is 28.0 Å². The van der Waals surface area contributed by atoms with E-state index in [9.17, 15) is 18.3 Å². The van der Waals surface area contributed by atoms with Gasteiger partial charge in [-0.05, 0) is 24.6 Å². The Bertz CT molecular complexity index is 1360. The van der Waals surface area contributed by atoms with Crippen LogP contribution in [0.4, 0.5) is 0 Å². The number of thiazole rings is 1.